The summed E-state index contributed by atoms with van der Waals surface area (Å²) in [4.78, 5) is 23.9. The van der Waals surface area contributed by atoms with Gasteiger partial charge in [0.15, 0.2) is 25.2 Å². The smallest absolute Gasteiger partial charge is 0.315 e. The zero-order chi connectivity index (χ0) is 40.8. The molecule has 0 saturated carbocycles. The number of carbonyl (C=O) groups is 2. The minimum Gasteiger partial charge on any atom is -0.394 e. The second-order valence-electron chi connectivity index (χ2n) is 14.5. The summed E-state index contributed by atoms with van der Waals surface area (Å²) in [6, 6.07) is -0.186. The van der Waals surface area contributed by atoms with Crippen LogP contribution in [0.15, 0.2) is 0 Å². The van der Waals surface area contributed by atoms with Gasteiger partial charge in [0.25, 0.3) is 0 Å². The SMILES string of the molecule is O=C(CCCCO[C@@H]1SC[C@@H]2NC(=O)N[C@@H]21)NCCCO[C@H]1O[C@@H](CO)[C@H](O)[C@H]1O[C@H]1O[C@@H](CO)[C@H](O)[C@H]1O[C@H]1O[C@@H](CO)[C@H](O[C@@H]2O[C@@H](CO)[C@H](O)[C@H]2O)[C@H]1O. The molecule has 12 N–H and O–H groups in total. The van der Waals surface area contributed by atoms with Crippen molar-refractivity contribution >= 4 is 23.7 Å². The third-order valence-corrected chi connectivity index (χ3v) is 11.9. The van der Waals surface area contributed by atoms with Crippen LogP contribution in [0.4, 0.5) is 4.79 Å². The molecule has 0 aromatic rings. The first kappa shape index (κ1) is 44.9. The van der Waals surface area contributed by atoms with E-state index in [0.717, 1.165) is 5.75 Å². The number of aliphatic hydroxyl groups excluding tert-OH is 9. The van der Waals surface area contributed by atoms with E-state index in [2.05, 4.69) is 16.0 Å². The molecule has 6 aliphatic rings. The zero-order valence-electron chi connectivity index (χ0n) is 30.9. The Balaban J connectivity index is 0.948. The number of hydrogen-bond acceptors (Lipinski definition) is 21. The van der Waals surface area contributed by atoms with Crippen LogP contribution in [-0.2, 0) is 47.4 Å². The van der Waals surface area contributed by atoms with Gasteiger partial charge in [-0.2, -0.15) is 0 Å². The Kier molecular flexibility index (Phi) is 16.4. The predicted octanol–water partition coefficient (Wildman–Crippen LogP) is -6.35. The van der Waals surface area contributed by atoms with Crippen molar-refractivity contribution in [2.75, 3.05) is 51.9 Å². The van der Waals surface area contributed by atoms with E-state index in [1.165, 1.54) is 0 Å². The van der Waals surface area contributed by atoms with Gasteiger partial charge in [0.1, 0.15) is 78.7 Å². The lowest BCUT2D eigenvalue weighted by atomic mass is 10.1. The van der Waals surface area contributed by atoms with Crippen molar-refractivity contribution in [1.82, 2.24) is 16.0 Å². The van der Waals surface area contributed by atoms with E-state index >= 15 is 0 Å². The molecular weight excluding hydrogens is 790 g/mol. The molecule has 0 unspecified atom stereocenters. The molecule has 0 radical (unpaired) electrons. The number of rotatable bonds is 21. The molecule has 0 spiro atoms. The molecule has 0 aliphatic carbocycles. The lowest BCUT2D eigenvalue weighted by Crippen LogP contribution is -2.47. The Morgan fingerprint density at radius 1 is 0.649 bits per heavy atom. The first-order chi connectivity index (χ1) is 27.5. The van der Waals surface area contributed by atoms with Crippen molar-refractivity contribution in [3.63, 3.8) is 0 Å². The number of fused-ring (bicyclic) bond motifs is 1. The molecule has 0 aromatic heterocycles. The normalized spacial score (nSPS) is 44.1. The Bertz CT molecular complexity index is 1300. The van der Waals surface area contributed by atoms with E-state index in [-0.39, 0.29) is 49.0 Å². The van der Waals surface area contributed by atoms with Gasteiger partial charge in [0, 0.05) is 25.3 Å². The fourth-order valence-corrected chi connectivity index (χ4v) is 8.74. The van der Waals surface area contributed by atoms with Gasteiger partial charge >= 0.3 is 6.03 Å². The summed E-state index contributed by atoms with van der Waals surface area (Å²) in [5.41, 5.74) is -0.125. The Hall–Kier alpha value is -1.63. The summed E-state index contributed by atoms with van der Waals surface area (Å²) >= 11 is 1.64. The monoisotopic (exact) mass is 845 g/mol. The van der Waals surface area contributed by atoms with Crippen LogP contribution in [0.25, 0.3) is 0 Å². The van der Waals surface area contributed by atoms with E-state index in [0.29, 0.717) is 25.9 Å². The summed E-state index contributed by atoms with van der Waals surface area (Å²) in [6.45, 7) is -1.87. The molecule has 3 amide bonds. The number of urea groups is 1. The molecular formula is C33H55N3O20S. The van der Waals surface area contributed by atoms with Crippen LogP contribution in [-0.4, -0.2) is 226 Å². The first-order valence-electron chi connectivity index (χ1n) is 19.1. The van der Waals surface area contributed by atoms with E-state index in [4.69, 9.17) is 42.6 Å². The van der Waals surface area contributed by atoms with Gasteiger partial charge < -0.3 is 105 Å². The first-order valence-corrected chi connectivity index (χ1v) is 20.1. The van der Waals surface area contributed by atoms with Crippen LogP contribution in [0.1, 0.15) is 25.7 Å². The quantitative estimate of drug-likeness (QED) is 0.0378. The van der Waals surface area contributed by atoms with Crippen LogP contribution in [0.3, 0.4) is 0 Å². The maximum absolute atomic E-state index is 12.4. The summed E-state index contributed by atoms with van der Waals surface area (Å²) in [6.07, 6.45) is -20.8. The number of ether oxygens (including phenoxy) is 9. The third-order valence-electron chi connectivity index (χ3n) is 10.6. The minimum atomic E-state index is -1.68. The molecule has 23 nitrogen and oxygen atoms in total. The van der Waals surface area contributed by atoms with Gasteiger partial charge in [-0.15, -0.1) is 11.8 Å². The average Bonchev–Trinajstić information content (AvgIpc) is 4.02. The highest BCUT2D eigenvalue weighted by Crippen LogP contribution is 2.36. The molecule has 6 rings (SSSR count). The molecule has 6 fully saturated rings. The van der Waals surface area contributed by atoms with Crippen LogP contribution in [0.2, 0.25) is 0 Å². The topological polar surface area (TPSA) is 335 Å². The van der Waals surface area contributed by atoms with Crippen molar-refractivity contribution in [2.24, 2.45) is 0 Å². The van der Waals surface area contributed by atoms with Gasteiger partial charge in [0.05, 0.1) is 45.1 Å². The molecule has 57 heavy (non-hydrogen) atoms. The molecule has 0 bridgehead atoms. The largest absolute Gasteiger partial charge is 0.394 e. The summed E-state index contributed by atoms with van der Waals surface area (Å²) in [7, 11) is 0. The molecule has 6 saturated heterocycles. The van der Waals surface area contributed by atoms with E-state index in [9.17, 15) is 55.5 Å². The van der Waals surface area contributed by atoms with Crippen molar-refractivity contribution in [3.05, 3.63) is 0 Å². The molecule has 0 aromatic carbocycles. The molecule has 24 heteroatoms. The Morgan fingerprint density at radius 3 is 1.89 bits per heavy atom. The van der Waals surface area contributed by atoms with Crippen LogP contribution < -0.4 is 16.0 Å². The van der Waals surface area contributed by atoms with Crippen LogP contribution in [0, 0.1) is 0 Å². The molecule has 6 aliphatic heterocycles. The second-order valence-corrected chi connectivity index (χ2v) is 15.6. The lowest BCUT2D eigenvalue weighted by molar-refractivity contribution is -0.277. The summed E-state index contributed by atoms with van der Waals surface area (Å²) in [5.74, 6) is 0.620. The number of nitrogens with one attached hydrogen (secondary N) is 3. The third kappa shape index (κ3) is 10.5. The Labute approximate surface area is 331 Å². The number of carbonyl (C=O) groups excluding carboxylic acids is 2. The maximum atomic E-state index is 12.4. The predicted molar refractivity (Wildman–Crippen MR) is 187 cm³/mol. The lowest BCUT2D eigenvalue weighted by Gasteiger charge is -2.29. The van der Waals surface area contributed by atoms with Crippen molar-refractivity contribution in [3.8, 4) is 0 Å². The van der Waals surface area contributed by atoms with Gasteiger partial charge in [-0.25, -0.2) is 4.79 Å². The van der Waals surface area contributed by atoms with Crippen LogP contribution in [0.5, 0.6) is 0 Å². The van der Waals surface area contributed by atoms with Gasteiger partial charge in [-0.05, 0) is 19.3 Å². The number of thioether (sulfide) groups is 1. The molecule has 328 valence electrons. The maximum Gasteiger partial charge on any atom is 0.315 e. The number of unbranched alkanes of at least 4 members (excludes halogenated alkanes) is 1. The van der Waals surface area contributed by atoms with E-state index < -0.39 is 125 Å². The standard InChI is InChI=1S/C33H55N3O20S/c37-8-14-20(42)23(45)28(50-14)54-25-17(11-40)53-29(24(25)46)55-27-22(44)16(10-39)52-31(27)56-26-21(43)15(9-38)51-30(26)48-7-3-5-34-18(41)4-1-2-6-49-32-19-13(12-57-32)35-33(47)36-19/h13-17,19-32,37-40,42-46H,1-12H2,(H,34,41)(H2,35,36,47)/t13-,14-,15-,16-,17-,19-,20-,21-,22-,23+,24+,25-,26+,27+,28-,29+,30-,31+,32+/m0/s1. The summed E-state index contributed by atoms with van der Waals surface area (Å²) in [5, 5.41) is 101. The van der Waals surface area contributed by atoms with E-state index in [1.54, 1.807) is 11.8 Å². The number of hydrogen-bond donors (Lipinski definition) is 12. The Morgan fingerprint density at radius 2 is 1.21 bits per heavy atom. The molecule has 6 heterocycles. The average molecular weight is 846 g/mol. The minimum absolute atomic E-state index is 0.0327. The highest BCUT2D eigenvalue weighted by atomic mass is 32.2. The van der Waals surface area contributed by atoms with Gasteiger partial charge in [0.2, 0.25) is 5.91 Å². The highest BCUT2D eigenvalue weighted by molar-refractivity contribution is 8.00. The fourth-order valence-electron chi connectivity index (χ4n) is 7.40. The van der Waals surface area contributed by atoms with Crippen molar-refractivity contribution in [2.45, 2.75) is 142 Å². The van der Waals surface area contributed by atoms with Crippen molar-refractivity contribution < 1.29 is 98.2 Å². The van der Waals surface area contributed by atoms with Crippen molar-refractivity contribution in [1.29, 1.82) is 0 Å². The number of amides is 3. The second kappa shape index (κ2) is 20.8. The fraction of sp³-hybridized carbons (Fsp3) is 0.939. The summed E-state index contributed by atoms with van der Waals surface area (Å²) < 4.78 is 51.5. The highest BCUT2D eigenvalue weighted by Gasteiger charge is 2.56. The van der Waals surface area contributed by atoms with Gasteiger partial charge in [-0.3, -0.25) is 4.79 Å². The zero-order valence-corrected chi connectivity index (χ0v) is 31.7. The van der Waals surface area contributed by atoms with Gasteiger partial charge in [-0.1, -0.05) is 0 Å². The van der Waals surface area contributed by atoms with E-state index in [1.807, 2.05) is 0 Å². The number of aliphatic hydroxyl groups is 9. The molecule has 19 atom stereocenters. The van der Waals surface area contributed by atoms with Crippen LogP contribution >= 0.6 is 11.8 Å².